The van der Waals surface area contributed by atoms with Crippen LogP contribution in [0.1, 0.15) is 23.8 Å². The van der Waals surface area contributed by atoms with Crippen molar-refractivity contribution in [3.8, 4) is 0 Å². The second-order valence-corrected chi connectivity index (χ2v) is 8.41. The second kappa shape index (κ2) is 7.98. The van der Waals surface area contributed by atoms with E-state index in [1.54, 1.807) is 11.3 Å². The van der Waals surface area contributed by atoms with E-state index in [9.17, 15) is 4.79 Å². The van der Waals surface area contributed by atoms with Crippen LogP contribution in [0.15, 0.2) is 22.7 Å². The number of thiophene rings is 1. The highest BCUT2D eigenvalue weighted by Crippen LogP contribution is 2.35. The minimum absolute atomic E-state index is 0.182. The van der Waals surface area contributed by atoms with Gasteiger partial charge < -0.3 is 14.5 Å². The number of rotatable bonds is 5. The van der Waals surface area contributed by atoms with Gasteiger partial charge in [0.2, 0.25) is 11.9 Å². The summed E-state index contributed by atoms with van der Waals surface area (Å²) in [6.07, 6.45) is 2.13. The summed E-state index contributed by atoms with van der Waals surface area (Å²) in [5.74, 6) is 1.43. The quantitative estimate of drug-likeness (QED) is 0.726. The lowest BCUT2D eigenvalue weighted by atomic mass is 10.2. The Morgan fingerprint density at radius 3 is 2.96 bits per heavy atom. The molecule has 1 unspecified atom stereocenters. The Hall–Kier alpha value is -1.58. The van der Waals surface area contributed by atoms with Crippen molar-refractivity contribution in [2.24, 2.45) is 7.05 Å². The summed E-state index contributed by atoms with van der Waals surface area (Å²) in [6, 6.07) is 4.43. The summed E-state index contributed by atoms with van der Waals surface area (Å²) >= 11 is 3.20. The predicted molar refractivity (Wildman–Crippen MR) is 103 cm³/mol. The van der Waals surface area contributed by atoms with Crippen molar-refractivity contribution < 1.29 is 9.53 Å². The van der Waals surface area contributed by atoms with Crippen LogP contribution in [0.4, 0.5) is 5.95 Å². The van der Waals surface area contributed by atoms with Crippen LogP contribution in [0.2, 0.25) is 0 Å². The van der Waals surface area contributed by atoms with Crippen molar-refractivity contribution in [2.45, 2.75) is 24.0 Å². The van der Waals surface area contributed by atoms with Gasteiger partial charge in [-0.25, -0.2) is 0 Å². The van der Waals surface area contributed by atoms with Gasteiger partial charge in [-0.1, -0.05) is 17.8 Å². The largest absolute Gasteiger partial charge is 0.378 e. The zero-order chi connectivity index (χ0) is 17.9. The van der Waals surface area contributed by atoms with Gasteiger partial charge in [-0.05, 0) is 24.3 Å². The van der Waals surface area contributed by atoms with Gasteiger partial charge >= 0.3 is 0 Å². The first-order valence-electron chi connectivity index (χ1n) is 8.92. The monoisotopic (exact) mass is 393 g/mol. The lowest BCUT2D eigenvalue weighted by molar-refractivity contribution is -0.129. The summed E-state index contributed by atoms with van der Waals surface area (Å²) in [6.45, 7) is 3.93. The van der Waals surface area contributed by atoms with E-state index >= 15 is 0 Å². The topological polar surface area (TPSA) is 63.5 Å². The van der Waals surface area contributed by atoms with Gasteiger partial charge in [0.05, 0.1) is 25.0 Å². The molecule has 0 aromatic carbocycles. The van der Waals surface area contributed by atoms with Crippen LogP contribution in [-0.2, 0) is 16.6 Å². The van der Waals surface area contributed by atoms with Crippen molar-refractivity contribution >= 4 is 35.0 Å². The van der Waals surface area contributed by atoms with Crippen molar-refractivity contribution in [1.82, 2.24) is 19.7 Å². The van der Waals surface area contributed by atoms with E-state index < -0.39 is 0 Å². The Balaban J connectivity index is 1.38. The number of hydrogen-bond acceptors (Lipinski definition) is 7. The first kappa shape index (κ1) is 17.8. The summed E-state index contributed by atoms with van der Waals surface area (Å²) in [7, 11) is 1.96. The number of carbonyl (C=O) groups is 1. The van der Waals surface area contributed by atoms with E-state index in [-0.39, 0.29) is 11.9 Å². The molecule has 0 aliphatic carbocycles. The van der Waals surface area contributed by atoms with Crippen LogP contribution in [0, 0.1) is 0 Å². The molecule has 2 fully saturated rings. The molecule has 9 heteroatoms. The first-order valence-corrected chi connectivity index (χ1v) is 10.8. The molecule has 0 bridgehead atoms. The van der Waals surface area contributed by atoms with Gasteiger partial charge in [0, 0.05) is 31.6 Å². The van der Waals surface area contributed by atoms with Crippen LogP contribution < -0.4 is 4.90 Å². The van der Waals surface area contributed by atoms with Gasteiger partial charge in [0.1, 0.15) is 0 Å². The number of likely N-dealkylation sites (tertiary alicyclic amines) is 1. The molecule has 1 amide bonds. The molecule has 26 heavy (non-hydrogen) atoms. The van der Waals surface area contributed by atoms with E-state index in [0.29, 0.717) is 19.0 Å². The molecule has 2 aromatic rings. The van der Waals surface area contributed by atoms with Crippen LogP contribution >= 0.6 is 23.1 Å². The molecule has 4 rings (SSSR count). The van der Waals surface area contributed by atoms with Crippen molar-refractivity contribution in [3.05, 3.63) is 22.4 Å². The molecule has 0 spiro atoms. The SMILES string of the molecule is Cn1c(SCC(=O)N2CCCC2c2cccs2)nnc1N1CCOCC1. The molecular formula is C17H23N5O2S2. The average Bonchev–Trinajstić information content (AvgIpc) is 3.41. The number of thioether (sulfide) groups is 1. The fourth-order valence-corrected chi connectivity index (χ4v) is 5.19. The Labute approximate surface area is 161 Å². The molecule has 140 valence electrons. The average molecular weight is 394 g/mol. The number of nitrogens with zero attached hydrogens (tertiary/aromatic N) is 5. The van der Waals surface area contributed by atoms with E-state index in [2.05, 4.69) is 32.6 Å². The molecule has 1 atom stereocenters. The van der Waals surface area contributed by atoms with Crippen molar-refractivity contribution in [1.29, 1.82) is 0 Å². The van der Waals surface area contributed by atoms with Gasteiger partial charge in [-0.3, -0.25) is 9.36 Å². The maximum atomic E-state index is 12.8. The highest BCUT2D eigenvalue weighted by atomic mass is 32.2. The summed E-state index contributed by atoms with van der Waals surface area (Å²) in [5.41, 5.74) is 0. The first-order chi connectivity index (χ1) is 12.7. The molecular weight excluding hydrogens is 370 g/mol. The summed E-state index contributed by atoms with van der Waals surface area (Å²) < 4.78 is 7.37. The summed E-state index contributed by atoms with van der Waals surface area (Å²) in [4.78, 5) is 18.3. The van der Waals surface area contributed by atoms with E-state index in [1.807, 2.05) is 16.5 Å². The van der Waals surface area contributed by atoms with Gasteiger partial charge in [-0.2, -0.15) is 0 Å². The standard InChI is InChI=1S/C17H23N5O2S2/c1-20-16(21-7-9-24-10-8-21)18-19-17(20)26-12-15(23)22-6-2-4-13(22)14-5-3-11-25-14/h3,5,11,13H,2,4,6-10,12H2,1H3. The zero-order valence-corrected chi connectivity index (χ0v) is 16.5. The molecule has 2 aliphatic heterocycles. The fourth-order valence-electron chi connectivity index (χ4n) is 3.52. The Kier molecular flexibility index (Phi) is 5.46. The third-order valence-corrected chi connectivity index (χ3v) is 6.85. The number of amides is 1. The molecule has 0 saturated carbocycles. The van der Waals surface area contributed by atoms with Crippen LogP contribution in [-0.4, -0.2) is 64.2 Å². The Morgan fingerprint density at radius 2 is 2.19 bits per heavy atom. The molecule has 2 aliphatic rings. The maximum absolute atomic E-state index is 12.8. The molecule has 2 saturated heterocycles. The van der Waals surface area contributed by atoms with E-state index in [1.165, 1.54) is 16.6 Å². The third-order valence-electron chi connectivity index (χ3n) is 4.88. The highest BCUT2D eigenvalue weighted by molar-refractivity contribution is 7.99. The third kappa shape index (κ3) is 3.60. The van der Waals surface area contributed by atoms with Crippen LogP contribution in [0.25, 0.3) is 0 Å². The van der Waals surface area contributed by atoms with E-state index in [4.69, 9.17) is 4.74 Å². The normalized spacial score (nSPS) is 20.7. The Bertz CT molecular complexity index is 742. The second-order valence-electron chi connectivity index (χ2n) is 6.49. The van der Waals surface area contributed by atoms with Gasteiger partial charge in [0.15, 0.2) is 5.16 Å². The Morgan fingerprint density at radius 1 is 1.35 bits per heavy atom. The number of anilines is 1. The van der Waals surface area contributed by atoms with Crippen LogP contribution in [0.5, 0.6) is 0 Å². The molecule has 7 nitrogen and oxygen atoms in total. The number of hydrogen-bond donors (Lipinski definition) is 0. The van der Waals surface area contributed by atoms with Crippen LogP contribution in [0.3, 0.4) is 0 Å². The lowest BCUT2D eigenvalue weighted by Gasteiger charge is -2.27. The molecule has 0 radical (unpaired) electrons. The number of aromatic nitrogens is 3. The lowest BCUT2D eigenvalue weighted by Crippen LogP contribution is -2.37. The minimum Gasteiger partial charge on any atom is -0.378 e. The number of carbonyl (C=O) groups excluding carboxylic acids is 1. The van der Waals surface area contributed by atoms with Crippen molar-refractivity contribution in [2.75, 3.05) is 43.5 Å². The minimum atomic E-state index is 0.182. The number of ether oxygens (including phenoxy) is 1. The van der Waals surface area contributed by atoms with Gasteiger partial charge in [0.25, 0.3) is 0 Å². The molecule has 2 aromatic heterocycles. The molecule has 4 heterocycles. The maximum Gasteiger partial charge on any atom is 0.233 e. The van der Waals surface area contributed by atoms with E-state index in [0.717, 1.165) is 43.6 Å². The highest BCUT2D eigenvalue weighted by Gasteiger charge is 2.30. The zero-order valence-electron chi connectivity index (χ0n) is 14.8. The van der Waals surface area contributed by atoms with Gasteiger partial charge in [-0.15, -0.1) is 21.5 Å². The van der Waals surface area contributed by atoms with Crippen molar-refractivity contribution in [3.63, 3.8) is 0 Å². The fraction of sp³-hybridized carbons (Fsp3) is 0.588. The summed E-state index contributed by atoms with van der Waals surface area (Å²) in [5, 5.41) is 11.5. The molecule has 0 N–H and O–H groups in total. The predicted octanol–water partition coefficient (Wildman–Crippen LogP) is 2.17. The smallest absolute Gasteiger partial charge is 0.233 e. The number of morpholine rings is 1.